The van der Waals surface area contributed by atoms with E-state index in [2.05, 4.69) is 31.3 Å². The van der Waals surface area contributed by atoms with Gasteiger partial charge in [-0.1, -0.05) is 5.16 Å². The molecule has 0 spiro atoms. The van der Waals surface area contributed by atoms with E-state index in [1.54, 1.807) is 10.7 Å². The summed E-state index contributed by atoms with van der Waals surface area (Å²) in [7, 11) is 0. The molecule has 25 heavy (non-hydrogen) atoms. The van der Waals surface area contributed by atoms with Gasteiger partial charge in [0.2, 0.25) is 0 Å². The summed E-state index contributed by atoms with van der Waals surface area (Å²) in [4.78, 5) is 12.3. The number of rotatable bonds is 4. The zero-order chi connectivity index (χ0) is 18.0. The molecule has 0 radical (unpaired) electrons. The number of aromatic nitrogens is 5. The van der Waals surface area contributed by atoms with E-state index in [0.717, 1.165) is 22.5 Å². The lowest BCUT2D eigenvalue weighted by Crippen LogP contribution is -2.31. The molecule has 0 saturated heterocycles. The monoisotopic (exact) mass is 341 g/mol. The van der Waals surface area contributed by atoms with Gasteiger partial charge in [0, 0.05) is 11.3 Å². The lowest BCUT2D eigenvalue weighted by atomic mass is 10.1. The number of nitrogens with one attached hydrogen (secondary N) is 2. The molecule has 3 rings (SSSR count). The number of tetrazole rings is 1. The van der Waals surface area contributed by atoms with E-state index in [4.69, 9.17) is 4.52 Å². The first kappa shape index (κ1) is 16.6. The van der Waals surface area contributed by atoms with Gasteiger partial charge in [0.05, 0.1) is 17.4 Å². The Morgan fingerprint density at radius 2 is 2.08 bits per heavy atom. The van der Waals surface area contributed by atoms with E-state index in [9.17, 15) is 4.79 Å². The van der Waals surface area contributed by atoms with Gasteiger partial charge >= 0.3 is 6.03 Å². The minimum absolute atomic E-state index is 0.215. The van der Waals surface area contributed by atoms with Crippen molar-refractivity contribution in [3.05, 3.63) is 47.1 Å². The van der Waals surface area contributed by atoms with Crippen LogP contribution >= 0.6 is 0 Å². The summed E-state index contributed by atoms with van der Waals surface area (Å²) in [5.41, 5.74) is 4.12. The topological polar surface area (TPSA) is 111 Å². The third-order valence-electron chi connectivity index (χ3n) is 3.92. The summed E-state index contributed by atoms with van der Waals surface area (Å²) in [5, 5.41) is 20.7. The molecule has 2 heterocycles. The molecule has 1 atom stereocenters. The number of benzene rings is 1. The molecular formula is C16H19N7O2. The maximum Gasteiger partial charge on any atom is 0.319 e. The molecule has 0 aliphatic heterocycles. The zero-order valence-electron chi connectivity index (χ0n) is 14.4. The summed E-state index contributed by atoms with van der Waals surface area (Å²) < 4.78 is 6.71. The van der Waals surface area contributed by atoms with E-state index < -0.39 is 0 Å². The summed E-state index contributed by atoms with van der Waals surface area (Å²) in [5.74, 6) is 0.701. The molecule has 130 valence electrons. The van der Waals surface area contributed by atoms with E-state index in [1.165, 1.54) is 6.33 Å². The van der Waals surface area contributed by atoms with E-state index in [-0.39, 0.29) is 12.1 Å². The molecule has 0 bridgehead atoms. The van der Waals surface area contributed by atoms with Crippen molar-refractivity contribution in [2.75, 3.05) is 5.32 Å². The molecule has 2 amide bonds. The summed E-state index contributed by atoms with van der Waals surface area (Å²) in [6, 6.07) is 4.98. The highest BCUT2D eigenvalue weighted by Crippen LogP contribution is 2.21. The fraction of sp³-hybridized carbons (Fsp3) is 0.312. The Morgan fingerprint density at radius 3 is 2.68 bits per heavy atom. The van der Waals surface area contributed by atoms with Crippen molar-refractivity contribution >= 4 is 11.7 Å². The van der Waals surface area contributed by atoms with Gasteiger partial charge in [-0.25, -0.2) is 9.48 Å². The highest BCUT2D eigenvalue weighted by Gasteiger charge is 2.18. The Balaban J connectivity index is 1.68. The Bertz CT molecular complexity index is 867. The van der Waals surface area contributed by atoms with Crippen LogP contribution in [0.15, 0.2) is 29.0 Å². The van der Waals surface area contributed by atoms with Gasteiger partial charge in [-0.3, -0.25) is 0 Å². The minimum atomic E-state index is -0.304. The van der Waals surface area contributed by atoms with Gasteiger partial charge in [0.15, 0.2) is 0 Å². The molecule has 0 unspecified atom stereocenters. The van der Waals surface area contributed by atoms with Gasteiger partial charge in [0.25, 0.3) is 0 Å². The maximum absolute atomic E-state index is 12.3. The highest BCUT2D eigenvalue weighted by atomic mass is 16.5. The van der Waals surface area contributed by atoms with Crippen molar-refractivity contribution < 1.29 is 9.32 Å². The van der Waals surface area contributed by atoms with Crippen LogP contribution in [0.1, 0.15) is 35.5 Å². The number of amides is 2. The van der Waals surface area contributed by atoms with Crippen molar-refractivity contribution in [1.29, 1.82) is 0 Å². The Hall–Kier alpha value is -3.23. The average Bonchev–Trinajstić information content (AvgIpc) is 3.17. The van der Waals surface area contributed by atoms with Gasteiger partial charge in [0.1, 0.15) is 12.1 Å². The fourth-order valence-electron chi connectivity index (χ4n) is 2.81. The lowest BCUT2D eigenvalue weighted by molar-refractivity contribution is 0.249. The second-order valence-electron chi connectivity index (χ2n) is 5.81. The van der Waals surface area contributed by atoms with Crippen molar-refractivity contribution in [2.45, 2.75) is 33.7 Å². The molecule has 2 N–H and O–H groups in total. The standard InChI is InChI=1S/C16H19N7O2/c1-9-7-13(5-6-14(9)23-8-17-21-22-23)19-16(24)18-10(2)15-11(3)20-25-12(15)4/h5-8,10H,1-4H3,(H2,18,19,24)/t10-/m0/s1. The Kier molecular flexibility index (Phi) is 4.46. The summed E-state index contributed by atoms with van der Waals surface area (Å²) in [6.07, 6.45) is 1.52. The van der Waals surface area contributed by atoms with Crippen LogP contribution in [0.2, 0.25) is 0 Å². The quantitative estimate of drug-likeness (QED) is 0.754. The average molecular weight is 341 g/mol. The van der Waals surface area contributed by atoms with Crippen LogP contribution < -0.4 is 10.6 Å². The van der Waals surface area contributed by atoms with Crippen LogP contribution in [-0.4, -0.2) is 31.4 Å². The molecule has 1 aromatic carbocycles. The van der Waals surface area contributed by atoms with Crippen LogP contribution in [0.3, 0.4) is 0 Å². The molecule has 9 heteroatoms. The van der Waals surface area contributed by atoms with Crippen LogP contribution in [-0.2, 0) is 0 Å². The lowest BCUT2D eigenvalue weighted by Gasteiger charge is -2.15. The fourth-order valence-corrected chi connectivity index (χ4v) is 2.81. The predicted octanol–water partition coefficient (Wildman–Crippen LogP) is 2.46. The van der Waals surface area contributed by atoms with Gasteiger partial charge in [-0.2, -0.15) is 0 Å². The second kappa shape index (κ2) is 6.71. The number of aryl methyl sites for hydroxylation is 3. The van der Waals surface area contributed by atoms with Gasteiger partial charge < -0.3 is 15.2 Å². The number of hydrogen-bond donors (Lipinski definition) is 2. The van der Waals surface area contributed by atoms with Crippen LogP contribution in [0.5, 0.6) is 0 Å². The number of urea groups is 1. The molecule has 9 nitrogen and oxygen atoms in total. The van der Waals surface area contributed by atoms with Crippen molar-refractivity contribution in [3.63, 3.8) is 0 Å². The van der Waals surface area contributed by atoms with Gasteiger partial charge in [-0.05, 0) is 61.9 Å². The smallest absolute Gasteiger partial charge is 0.319 e. The SMILES string of the molecule is Cc1cc(NC(=O)N[C@@H](C)c2c(C)noc2C)ccc1-n1cnnn1. The van der Waals surface area contributed by atoms with Gasteiger partial charge in [-0.15, -0.1) is 5.10 Å². The Morgan fingerprint density at radius 1 is 1.28 bits per heavy atom. The zero-order valence-corrected chi connectivity index (χ0v) is 14.4. The predicted molar refractivity (Wildman–Crippen MR) is 90.4 cm³/mol. The molecule has 3 aromatic rings. The third kappa shape index (κ3) is 3.49. The van der Waals surface area contributed by atoms with E-state index in [1.807, 2.05) is 39.8 Å². The normalized spacial score (nSPS) is 12.0. The van der Waals surface area contributed by atoms with Crippen LogP contribution in [0.25, 0.3) is 5.69 Å². The summed E-state index contributed by atoms with van der Waals surface area (Å²) in [6.45, 7) is 7.49. The van der Waals surface area contributed by atoms with Crippen LogP contribution in [0.4, 0.5) is 10.5 Å². The first-order valence-electron chi connectivity index (χ1n) is 7.80. The number of nitrogens with zero attached hydrogens (tertiary/aromatic N) is 5. The second-order valence-corrected chi connectivity index (χ2v) is 5.81. The molecule has 0 fully saturated rings. The molecule has 0 aliphatic rings. The van der Waals surface area contributed by atoms with Crippen molar-refractivity contribution in [2.24, 2.45) is 0 Å². The molecule has 0 aliphatic carbocycles. The van der Waals surface area contributed by atoms with Crippen LogP contribution in [0, 0.1) is 20.8 Å². The third-order valence-corrected chi connectivity index (χ3v) is 3.92. The number of carbonyl (C=O) groups excluding carboxylic acids is 1. The molecule has 0 saturated carbocycles. The maximum atomic E-state index is 12.3. The molecular weight excluding hydrogens is 322 g/mol. The van der Waals surface area contributed by atoms with E-state index in [0.29, 0.717) is 11.4 Å². The Labute approximate surface area is 144 Å². The van der Waals surface area contributed by atoms with E-state index >= 15 is 0 Å². The number of anilines is 1. The first-order chi connectivity index (χ1) is 12.0. The largest absolute Gasteiger partial charge is 0.361 e. The van der Waals surface area contributed by atoms with Crippen molar-refractivity contribution in [1.82, 2.24) is 30.7 Å². The highest BCUT2D eigenvalue weighted by molar-refractivity contribution is 5.89. The molecule has 2 aromatic heterocycles. The minimum Gasteiger partial charge on any atom is -0.361 e. The van der Waals surface area contributed by atoms with Crippen molar-refractivity contribution in [3.8, 4) is 5.69 Å². The first-order valence-corrected chi connectivity index (χ1v) is 7.80. The summed E-state index contributed by atoms with van der Waals surface area (Å²) >= 11 is 0. The number of carbonyl (C=O) groups is 1. The number of hydrogen-bond acceptors (Lipinski definition) is 6.